The third-order valence-electron chi connectivity index (χ3n) is 3.56. The molecular weight excluding hydrogens is 494 g/mol. The first-order chi connectivity index (χ1) is 13.8. The van der Waals surface area contributed by atoms with Crippen molar-refractivity contribution in [2.24, 2.45) is 0 Å². The molecular formula is C21H23Cl3CoN2O3. The summed E-state index contributed by atoms with van der Waals surface area (Å²) in [5.74, 6) is -0.0303. The Morgan fingerprint density at radius 2 is 1.43 bits per heavy atom. The molecule has 2 aliphatic carbocycles. The van der Waals surface area contributed by atoms with Gasteiger partial charge in [-0.3, -0.25) is 9.59 Å². The first-order valence-corrected chi connectivity index (χ1v) is 9.86. The van der Waals surface area contributed by atoms with E-state index < -0.39 is 10.4 Å². The number of carbonyl (C=O) groups is 2. The zero-order valence-electron chi connectivity index (χ0n) is 16.0. The van der Waals surface area contributed by atoms with Gasteiger partial charge in [-0.25, -0.2) is 0 Å². The van der Waals surface area contributed by atoms with Crippen molar-refractivity contribution in [2.45, 2.75) is 16.3 Å². The van der Waals surface area contributed by atoms with Crippen LogP contribution in [0.1, 0.15) is 6.42 Å². The Morgan fingerprint density at radius 3 is 1.87 bits per heavy atom. The summed E-state index contributed by atoms with van der Waals surface area (Å²) in [7, 11) is 0. The van der Waals surface area contributed by atoms with Gasteiger partial charge in [0.15, 0.2) is 11.6 Å². The van der Waals surface area contributed by atoms with Crippen LogP contribution in [0.3, 0.4) is 0 Å². The molecule has 30 heavy (non-hydrogen) atoms. The monoisotopic (exact) mass is 515 g/mol. The Hall–Kier alpha value is -1.54. The minimum atomic E-state index is -1.49. The Labute approximate surface area is 202 Å². The van der Waals surface area contributed by atoms with Crippen LogP contribution in [0.4, 0.5) is 0 Å². The van der Waals surface area contributed by atoms with Crippen LogP contribution in [0, 0.1) is 0 Å². The molecule has 1 atom stereocenters. The zero-order valence-corrected chi connectivity index (χ0v) is 19.3. The summed E-state index contributed by atoms with van der Waals surface area (Å²) < 4.78 is -1.49. The normalized spacial score (nSPS) is 18.5. The van der Waals surface area contributed by atoms with Crippen molar-refractivity contribution in [1.29, 1.82) is 0 Å². The van der Waals surface area contributed by atoms with Crippen molar-refractivity contribution in [3.8, 4) is 0 Å². The maximum atomic E-state index is 11.7. The number of hydrogen-bond donors (Lipinski definition) is 3. The molecule has 3 N–H and O–H groups in total. The number of hydrogen-bond acceptors (Lipinski definition) is 5. The van der Waals surface area contributed by atoms with Crippen LogP contribution in [-0.4, -0.2) is 39.7 Å². The van der Waals surface area contributed by atoms with Gasteiger partial charge in [0.1, 0.15) is 0 Å². The molecule has 2 aliphatic rings. The molecule has 0 aromatic rings. The Kier molecular flexibility index (Phi) is 14.5. The molecule has 9 heteroatoms. The Balaban J connectivity index is 0.00000105. The number of aliphatic hydroxyl groups excluding tert-OH is 1. The average Bonchev–Trinajstić information content (AvgIpc) is 2.68. The van der Waals surface area contributed by atoms with Crippen LogP contribution in [0.15, 0.2) is 84.8 Å². The molecule has 0 saturated carbocycles. The van der Waals surface area contributed by atoms with Crippen molar-refractivity contribution in [1.82, 2.24) is 10.6 Å². The van der Waals surface area contributed by atoms with Crippen molar-refractivity contribution in [3.05, 3.63) is 84.8 Å². The van der Waals surface area contributed by atoms with E-state index in [2.05, 4.69) is 17.2 Å². The fraction of sp³-hybridized carbons (Fsp3) is 0.238. The second kappa shape index (κ2) is 15.3. The minimum absolute atomic E-state index is 0. The summed E-state index contributed by atoms with van der Waals surface area (Å²) in [6.45, 7) is 3.93. The number of carbonyl (C=O) groups excluding carboxylic acids is 2. The molecule has 0 fully saturated rings. The summed E-state index contributed by atoms with van der Waals surface area (Å²) in [4.78, 5) is 23.3. The third-order valence-corrected chi connectivity index (χ3v) is 3.92. The van der Waals surface area contributed by atoms with E-state index in [9.17, 15) is 9.59 Å². The Morgan fingerprint density at radius 1 is 0.967 bits per heavy atom. The van der Waals surface area contributed by atoms with Gasteiger partial charge < -0.3 is 15.7 Å². The third kappa shape index (κ3) is 12.2. The summed E-state index contributed by atoms with van der Waals surface area (Å²) in [5.41, 5.74) is 1.24. The van der Waals surface area contributed by atoms with Crippen LogP contribution in [0.5, 0.6) is 0 Å². The standard InChI is InChI=1S/C19H20N2O2.C2H3Cl3O.Co/c1-2-7-17(21-13-16-9-4-6-11-19(16)23)14-20-12-15-8-3-5-10-18(15)22;3-2(4,5)1-6;/h2-6,8-13,17,20-21H,1,7,14H2;6H,1H2;/b15-12-,16-13-;;. The SMILES string of the molecule is C=CCC(CN/C=C1/C=CC=CC1=O)N/C=C1/C=CC=CC1=O.OCC(Cl)(Cl)Cl.[Co]. The molecule has 0 bridgehead atoms. The topological polar surface area (TPSA) is 78.4 Å². The first kappa shape index (κ1) is 28.5. The molecule has 1 unspecified atom stereocenters. The van der Waals surface area contributed by atoms with E-state index in [4.69, 9.17) is 39.9 Å². The second-order valence-corrected chi connectivity index (χ2v) is 8.45. The minimum Gasteiger partial charge on any atom is -0.392 e. The van der Waals surface area contributed by atoms with Gasteiger partial charge in [0, 0.05) is 52.9 Å². The van der Waals surface area contributed by atoms with Gasteiger partial charge in [-0.15, -0.1) is 6.58 Å². The summed E-state index contributed by atoms with van der Waals surface area (Å²) in [5, 5.41) is 14.4. The molecule has 5 nitrogen and oxygen atoms in total. The zero-order chi connectivity index (χ0) is 21.7. The Bertz CT molecular complexity index is 779. The second-order valence-electron chi connectivity index (χ2n) is 5.93. The number of halogens is 3. The van der Waals surface area contributed by atoms with Crippen molar-refractivity contribution in [3.63, 3.8) is 0 Å². The van der Waals surface area contributed by atoms with Crippen LogP contribution in [0.25, 0.3) is 0 Å². The predicted molar refractivity (Wildman–Crippen MR) is 120 cm³/mol. The largest absolute Gasteiger partial charge is 0.392 e. The number of ketones is 2. The molecule has 0 heterocycles. The van der Waals surface area contributed by atoms with Crippen LogP contribution in [-0.2, 0) is 26.4 Å². The summed E-state index contributed by atoms with van der Waals surface area (Å²) in [6.07, 6.45) is 19.7. The maximum Gasteiger partial charge on any atom is 0.213 e. The van der Waals surface area contributed by atoms with Crippen molar-refractivity contribution in [2.75, 3.05) is 13.2 Å². The van der Waals surface area contributed by atoms with E-state index in [0.29, 0.717) is 17.7 Å². The van der Waals surface area contributed by atoms with E-state index in [1.165, 1.54) is 12.2 Å². The number of rotatable bonds is 7. The van der Waals surface area contributed by atoms with Gasteiger partial charge in [0.2, 0.25) is 3.79 Å². The van der Waals surface area contributed by atoms with E-state index in [1.54, 1.807) is 36.7 Å². The number of aliphatic hydroxyl groups is 1. The number of allylic oxidation sites excluding steroid dienone is 10. The number of nitrogens with one attached hydrogen (secondary N) is 2. The quantitative estimate of drug-likeness (QED) is 0.274. The van der Waals surface area contributed by atoms with Gasteiger partial charge in [0.05, 0.1) is 6.61 Å². The van der Waals surface area contributed by atoms with E-state index >= 15 is 0 Å². The van der Waals surface area contributed by atoms with Gasteiger partial charge in [0.25, 0.3) is 0 Å². The molecule has 0 spiro atoms. The smallest absolute Gasteiger partial charge is 0.213 e. The summed E-state index contributed by atoms with van der Waals surface area (Å²) in [6, 6.07) is 0.0715. The summed E-state index contributed by atoms with van der Waals surface area (Å²) >= 11 is 15.0. The molecule has 0 amide bonds. The average molecular weight is 517 g/mol. The van der Waals surface area contributed by atoms with Crippen LogP contribution < -0.4 is 10.6 Å². The van der Waals surface area contributed by atoms with Crippen LogP contribution >= 0.6 is 34.8 Å². The molecule has 0 aromatic heterocycles. The fourth-order valence-corrected chi connectivity index (χ4v) is 2.13. The maximum absolute atomic E-state index is 11.7. The van der Waals surface area contributed by atoms with E-state index in [0.717, 1.165) is 6.42 Å². The first-order valence-electron chi connectivity index (χ1n) is 8.73. The van der Waals surface area contributed by atoms with Gasteiger partial charge >= 0.3 is 0 Å². The van der Waals surface area contributed by atoms with Gasteiger partial charge in [-0.2, -0.15) is 0 Å². The number of alkyl halides is 3. The van der Waals surface area contributed by atoms with Gasteiger partial charge in [-0.05, 0) is 30.7 Å². The molecule has 1 radical (unpaired) electrons. The molecule has 0 aromatic carbocycles. The molecule has 165 valence electrons. The molecule has 0 aliphatic heterocycles. The molecule has 0 saturated heterocycles. The van der Waals surface area contributed by atoms with Gasteiger partial charge in [-0.1, -0.05) is 65.2 Å². The molecule has 2 rings (SSSR count). The van der Waals surface area contributed by atoms with E-state index in [-0.39, 0.29) is 34.4 Å². The predicted octanol–water partition coefficient (Wildman–Crippen LogP) is 3.61. The van der Waals surface area contributed by atoms with Crippen molar-refractivity contribution < 1.29 is 31.5 Å². The van der Waals surface area contributed by atoms with Crippen LogP contribution in [0.2, 0.25) is 0 Å². The fourth-order valence-electron chi connectivity index (χ4n) is 2.13. The van der Waals surface area contributed by atoms with E-state index in [1.807, 2.05) is 18.2 Å². The van der Waals surface area contributed by atoms with Crippen molar-refractivity contribution >= 4 is 46.4 Å².